The predicted molar refractivity (Wildman–Crippen MR) is 109 cm³/mol. The highest BCUT2D eigenvalue weighted by atomic mass is 32.1. The molecule has 0 atom stereocenters. The number of hydrogen-bond acceptors (Lipinski definition) is 6. The van der Waals surface area contributed by atoms with Crippen LogP contribution < -0.4 is 10.9 Å². The van der Waals surface area contributed by atoms with Crippen molar-refractivity contribution in [3.8, 4) is 10.6 Å². The fourth-order valence-corrected chi connectivity index (χ4v) is 4.45. The second-order valence-electron chi connectivity index (χ2n) is 5.97. The zero-order chi connectivity index (χ0) is 18.8. The number of benzene rings is 1. The number of rotatable bonds is 5. The quantitative estimate of drug-likeness (QED) is 0.541. The van der Waals surface area contributed by atoms with Crippen molar-refractivity contribution < 1.29 is 4.79 Å². The average Bonchev–Trinajstić information content (AvgIpc) is 3.31. The number of fused-ring (bicyclic) bond motifs is 1. The first-order valence-corrected chi connectivity index (χ1v) is 10.1. The van der Waals surface area contributed by atoms with Crippen LogP contribution in [0.5, 0.6) is 0 Å². The van der Waals surface area contributed by atoms with E-state index in [1.165, 1.54) is 4.88 Å². The van der Waals surface area contributed by atoms with E-state index >= 15 is 0 Å². The molecule has 0 saturated heterocycles. The zero-order valence-corrected chi connectivity index (χ0v) is 16.1. The zero-order valence-electron chi connectivity index (χ0n) is 14.5. The molecule has 3 aromatic heterocycles. The maximum absolute atomic E-state index is 12.5. The number of aryl methyl sites for hydroxylation is 1. The molecule has 136 valence electrons. The third-order valence-electron chi connectivity index (χ3n) is 4.10. The molecule has 0 fully saturated rings. The van der Waals surface area contributed by atoms with Crippen molar-refractivity contribution >= 4 is 39.4 Å². The van der Waals surface area contributed by atoms with Crippen molar-refractivity contribution in [1.29, 1.82) is 0 Å². The van der Waals surface area contributed by atoms with Gasteiger partial charge >= 0.3 is 0 Å². The van der Waals surface area contributed by atoms with Crippen molar-refractivity contribution in [1.82, 2.24) is 20.5 Å². The number of carbonyl (C=O) groups is 1. The highest BCUT2D eigenvalue weighted by molar-refractivity contribution is 7.16. The Bertz CT molecular complexity index is 1180. The van der Waals surface area contributed by atoms with E-state index in [1.54, 1.807) is 46.9 Å². The minimum absolute atomic E-state index is 0.231. The summed E-state index contributed by atoms with van der Waals surface area (Å²) in [6.07, 6.45) is 0.723. The summed E-state index contributed by atoms with van der Waals surface area (Å²) in [6, 6.07) is 11.1. The number of nitrogens with zero attached hydrogens (tertiary/aromatic N) is 2. The number of carbonyl (C=O) groups excluding carboxylic acids is 1. The molecule has 0 spiro atoms. The number of aromatic nitrogens is 3. The third-order valence-corrected chi connectivity index (χ3v) is 6.04. The van der Waals surface area contributed by atoms with Gasteiger partial charge in [0.15, 0.2) is 5.69 Å². The highest BCUT2D eigenvalue weighted by Crippen LogP contribution is 2.29. The average molecular weight is 396 g/mol. The van der Waals surface area contributed by atoms with Crippen LogP contribution >= 0.6 is 22.7 Å². The molecule has 0 unspecified atom stereocenters. The van der Waals surface area contributed by atoms with Gasteiger partial charge in [0.05, 0.1) is 21.0 Å². The smallest absolute Gasteiger partial charge is 0.272 e. The molecule has 0 bridgehead atoms. The van der Waals surface area contributed by atoms with Crippen molar-refractivity contribution in [2.45, 2.75) is 13.3 Å². The standard InChI is InChI=1S/C19H16N4O2S2/c1-11-21-15(10-26-11)16-7-6-12(27-16)8-9-20-19(25)17-13-4-2-3-5-14(13)18(24)23-22-17/h2-7,10H,8-9H2,1H3,(H,20,25)(H,23,24). The Morgan fingerprint density at radius 2 is 2.00 bits per heavy atom. The van der Waals surface area contributed by atoms with Gasteiger partial charge in [0.1, 0.15) is 0 Å². The van der Waals surface area contributed by atoms with Crippen LogP contribution in [0.2, 0.25) is 0 Å². The van der Waals surface area contributed by atoms with Crippen molar-refractivity contribution in [2.24, 2.45) is 0 Å². The molecule has 0 aliphatic heterocycles. The van der Waals surface area contributed by atoms with E-state index in [0.717, 1.165) is 22.0 Å². The second kappa shape index (κ2) is 7.42. The van der Waals surface area contributed by atoms with Crippen molar-refractivity contribution in [2.75, 3.05) is 6.54 Å². The molecule has 27 heavy (non-hydrogen) atoms. The summed E-state index contributed by atoms with van der Waals surface area (Å²) in [4.78, 5) is 31.1. The van der Waals surface area contributed by atoms with Gasteiger partial charge in [-0.2, -0.15) is 5.10 Å². The maximum atomic E-state index is 12.5. The lowest BCUT2D eigenvalue weighted by molar-refractivity contribution is 0.0950. The predicted octanol–water partition coefficient (Wildman–Crippen LogP) is 3.39. The minimum Gasteiger partial charge on any atom is -0.350 e. The van der Waals surface area contributed by atoms with Crippen LogP contribution in [0.25, 0.3) is 21.3 Å². The molecule has 0 aliphatic rings. The van der Waals surface area contributed by atoms with Gasteiger partial charge in [0, 0.05) is 22.2 Å². The fraction of sp³-hybridized carbons (Fsp3) is 0.158. The van der Waals surface area contributed by atoms with Crippen LogP contribution in [0.15, 0.2) is 46.6 Å². The molecule has 4 aromatic rings. The topological polar surface area (TPSA) is 87.7 Å². The second-order valence-corrected chi connectivity index (χ2v) is 8.20. The Morgan fingerprint density at radius 3 is 2.78 bits per heavy atom. The van der Waals surface area contributed by atoms with Crippen LogP contribution in [-0.4, -0.2) is 27.6 Å². The van der Waals surface area contributed by atoms with Gasteiger partial charge in [0.25, 0.3) is 11.5 Å². The first-order valence-electron chi connectivity index (χ1n) is 8.38. The van der Waals surface area contributed by atoms with E-state index in [9.17, 15) is 9.59 Å². The van der Waals surface area contributed by atoms with Crippen LogP contribution in [0.4, 0.5) is 0 Å². The molecule has 4 rings (SSSR count). The number of hydrogen-bond donors (Lipinski definition) is 2. The van der Waals surface area contributed by atoms with E-state index in [-0.39, 0.29) is 17.2 Å². The molecule has 8 heteroatoms. The Labute approximate surface area is 162 Å². The molecule has 0 saturated carbocycles. The van der Waals surface area contributed by atoms with Gasteiger partial charge in [-0.25, -0.2) is 10.1 Å². The Hall–Kier alpha value is -2.84. The molecule has 2 N–H and O–H groups in total. The van der Waals surface area contributed by atoms with Crippen LogP contribution in [0.3, 0.4) is 0 Å². The van der Waals surface area contributed by atoms with Gasteiger partial charge in [-0.1, -0.05) is 18.2 Å². The van der Waals surface area contributed by atoms with Crippen molar-refractivity contribution in [3.05, 3.63) is 67.7 Å². The molecular weight excluding hydrogens is 380 g/mol. The summed E-state index contributed by atoms with van der Waals surface area (Å²) < 4.78 is 0. The van der Waals surface area contributed by atoms with Gasteiger partial charge < -0.3 is 5.32 Å². The van der Waals surface area contributed by atoms with Gasteiger partial charge in [-0.05, 0) is 31.5 Å². The monoisotopic (exact) mass is 396 g/mol. The molecule has 0 aliphatic carbocycles. The number of amides is 1. The maximum Gasteiger partial charge on any atom is 0.272 e. The highest BCUT2D eigenvalue weighted by Gasteiger charge is 2.13. The molecule has 1 aromatic carbocycles. The molecule has 3 heterocycles. The van der Waals surface area contributed by atoms with Gasteiger partial charge in [-0.3, -0.25) is 9.59 Å². The largest absolute Gasteiger partial charge is 0.350 e. The van der Waals surface area contributed by atoms with E-state index < -0.39 is 0 Å². The number of thiazole rings is 1. The first kappa shape index (κ1) is 17.6. The Balaban J connectivity index is 1.43. The minimum atomic E-state index is -0.300. The number of aromatic amines is 1. The van der Waals surface area contributed by atoms with Crippen LogP contribution in [-0.2, 0) is 6.42 Å². The lowest BCUT2D eigenvalue weighted by Crippen LogP contribution is -2.28. The van der Waals surface area contributed by atoms with Crippen LogP contribution in [0, 0.1) is 6.92 Å². The summed E-state index contributed by atoms with van der Waals surface area (Å²) in [5.74, 6) is -0.297. The summed E-state index contributed by atoms with van der Waals surface area (Å²) >= 11 is 3.32. The normalized spacial score (nSPS) is 11.0. The van der Waals surface area contributed by atoms with Gasteiger partial charge in [0.2, 0.25) is 0 Å². The molecular formula is C19H16N4O2S2. The van der Waals surface area contributed by atoms with E-state index in [2.05, 4.69) is 38.0 Å². The summed E-state index contributed by atoms with van der Waals surface area (Å²) in [6.45, 7) is 2.48. The Morgan fingerprint density at radius 1 is 1.19 bits per heavy atom. The summed E-state index contributed by atoms with van der Waals surface area (Å²) in [5.41, 5.74) is 0.933. The number of thiophene rings is 1. The molecule has 6 nitrogen and oxygen atoms in total. The first-order chi connectivity index (χ1) is 13.1. The fourth-order valence-electron chi connectivity index (χ4n) is 2.80. The van der Waals surface area contributed by atoms with E-state index in [0.29, 0.717) is 17.3 Å². The van der Waals surface area contributed by atoms with Crippen molar-refractivity contribution in [3.63, 3.8) is 0 Å². The summed E-state index contributed by atoms with van der Waals surface area (Å²) in [5, 5.41) is 13.3. The SMILES string of the molecule is Cc1nc(-c2ccc(CCNC(=O)c3n[nH]c(=O)c4ccccc34)s2)cs1. The van der Waals surface area contributed by atoms with E-state index in [4.69, 9.17) is 0 Å². The number of H-pyrrole nitrogens is 1. The Kier molecular flexibility index (Phi) is 4.83. The van der Waals surface area contributed by atoms with Crippen LogP contribution in [0.1, 0.15) is 20.4 Å². The number of nitrogens with one attached hydrogen (secondary N) is 2. The van der Waals surface area contributed by atoms with Gasteiger partial charge in [-0.15, -0.1) is 22.7 Å². The molecule has 0 radical (unpaired) electrons. The molecule has 1 amide bonds. The third kappa shape index (κ3) is 3.67. The summed E-state index contributed by atoms with van der Waals surface area (Å²) in [7, 11) is 0. The van der Waals surface area contributed by atoms with E-state index in [1.807, 2.05) is 6.92 Å². The lowest BCUT2D eigenvalue weighted by atomic mass is 10.1. The lowest BCUT2D eigenvalue weighted by Gasteiger charge is -2.06.